The Morgan fingerprint density at radius 3 is 2.46 bits per heavy atom. The fourth-order valence-electron chi connectivity index (χ4n) is 0.449. The van der Waals surface area contributed by atoms with Crippen LogP contribution in [0.2, 0.25) is 0 Å². The lowest BCUT2D eigenvalue weighted by Crippen LogP contribution is -2.22. The Kier molecular flexibility index (Phi) is 6.45. The minimum atomic E-state index is -1.74. The number of hydrogen-bond donors (Lipinski definition) is 1. The van der Waals surface area contributed by atoms with Crippen molar-refractivity contribution in [3.8, 4) is 11.8 Å². The predicted octanol–water partition coefficient (Wildman–Crippen LogP) is 3.41. The van der Waals surface area contributed by atoms with Gasteiger partial charge >= 0.3 is 0 Å². The van der Waals surface area contributed by atoms with E-state index in [9.17, 15) is 0 Å². The molecule has 0 aromatic carbocycles. The second-order valence-electron chi connectivity index (χ2n) is 2.28. The van der Waals surface area contributed by atoms with Gasteiger partial charge in [0.2, 0.25) is 3.79 Å². The van der Waals surface area contributed by atoms with Gasteiger partial charge in [0, 0.05) is 6.42 Å². The van der Waals surface area contributed by atoms with Gasteiger partial charge in [0.1, 0.15) is 0 Å². The number of alkyl halides is 3. The molecule has 0 aliphatic rings. The lowest BCUT2D eigenvalue weighted by atomic mass is 10.3. The molecule has 13 heavy (non-hydrogen) atoms. The normalized spacial score (nSPS) is 13.0. The summed E-state index contributed by atoms with van der Waals surface area (Å²) in [5, 5.41) is 9.15. The highest BCUT2D eigenvalue weighted by atomic mass is 79.9. The first-order valence-electron chi connectivity index (χ1n) is 3.40. The zero-order chi connectivity index (χ0) is 10.5. The maximum absolute atomic E-state index is 9.15. The molecule has 0 rings (SSSR count). The Morgan fingerprint density at radius 1 is 1.54 bits per heavy atom. The van der Waals surface area contributed by atoms with Crippen molar-refractivity contribution in [1.29, 1.82) is 0 Å². The molecule has 0 amide bonds. The van der Waals surface area contributed by atoms with Crippen LogP contribution in [0.3, 0.4) is 0 Å². The van der Waals surface area contributed by atoms with Gasteiger partial charge in [-0.15, -0.1) is 5.92 Å². The summed E-state index contributed by atoms with van der Waals surface area (Å²) in [6, 6.07) is 0. The zero-order valence-electron chi connectivity index (χ0n) is 6.66. The average Bonchev–Trinajstić information content (AvgIpc) is 1.95. The van der Waals surface area contributed by atoms with Crippen molar-refractivity contribution in [3.05, 3.63) is 11.1 Å². The largest absolute Gasteiger partial charge is 0.376 e. The highest BCUT2D eigenvalue weighted by molar-refractivity contribution is 9.11. The van der Waals surface area contributed by atoms with E-state index >= 15 is 0 Å². The third kappa shape index (κ3) is 7.66. The Labute approximate surface area is 101 Å². The quantitative estimate of drug-likeness (QED) is 0.612. The van der Waals surface area contributed by atoms with E-state index in [-0.39, 0.29) is 0 Å². The van der Waals surface area contributed by atoms with Crippen LogP contribution in [0, 0.1) is 11.8 Å². The molecule has 0 heterocycles. The smallest absolute Gasteiger partial charge is 0.227 e. The molecule has 0 spiro atoms. The van der Waals surface area contributed by atoms with Gasteiger partial charge in [-0.3, -0.25) is 0 Å². The van der Waals surface area contributed by atoms with Crippen LogP contribution in [-0.2, 0) is 0 Å². The summed E-state index contributed by atoms with van der Waals surface area (Å²) in [6.45, 7) is 3.63. The first-order valence-corrected chi connectivity index (χ1v) is 5.33. The molecule has 0 aliphatic heterocycles. The van der Waals surface area contributed by atoms with Gasteiger partial charge in [-0.2, -0.15) is 0 Å². The van der Waals surface area contributed by atoms with Crippen LogP contribution in [0.15, 0.2) is 11.1 Å². The molecule has 0 saturated carbocycles. The molecule has 1 unspecified atom stereocenters. The number of hydrogen-bond acceptors (Lipinski definition) is 1. The molecule has 5 heteroatoms. The molecule has 0 aliphatic carbocycles. The molecule has 1 nitrogen and oxygen atoms in total. The van der Waals surface area contributed by atoms with Crippen LogP contribution in [0.4, 0.5) is 0 Å². The monoisotopic (exact) mass is 304 g/mol. The van der Waals surface area contributed by atoms with E-state index in [0.717, 1.165) is 4.48 Å². The van der Waals surface area contributed by atoms with Gasteiger partial charge in [0.15, 0.2) is 6.10 Å². The average molecular weight is 306 g/mol. The number of halogens is 4. The molecular formula is C8H8BrCl3O. The van der Waals surface area contributed by atoms with Gasteiger partial charge in [0.05, 0.1) is 0 Å². The third-order valence-corrected chi connectivity index (χ3v) is 2.09. The van der Waals surface area contributed by atoms with Gasteiger partial charge in [-0.05, 0) is 10.9 Å². The van der Waals surface area contributed by atoms with E-state index in [1.165, 1.54) is 0 Å². The molecule has 0 saturated heterocycles. The molecule has 0 aromatic rings. The minimum absolute atomic E-state index is 0.571. The Bertz CT molecular complexity index is 236. The number of allylic oxidation sites excluding steroid dienone is 1. The van der Waals surface area contributed by atoms with E-state index in [1.54, 1.807) is 0 Å². The first-order chi connectivity index (χ1) is 5.84. The summed E-state index contributed by atoms with van der Waals surface area (Å²) < 4.78 is -0.886. The summed E-state index contributed by atoms with van der Waals surface area (Å²) in [7, 11) is 0. The predicted molar refractivity (Wildman–Crippen MR) is 61.4 cm³/mol. The van der Waals surface area contributed by atoms with Gasteiger partial charge in [0.25, 0.3) is 0 Å². The van der Waals surface area contributed by atoms with Crippen molar-refractivity contribution in [2.45, 2.75) is 22.7 Å². The summed E-state index contributed by atoms with van der Waals surface area (Å²) in [6.07, 6.45) is 0.0302. The second kappa shape index (κ2) is 6.16. The first kappa shape index (κ1) is 13.6. The van der Waals surface area contributed by atoms with E-state index < -0.39 is 9.90 Å². The summed E-state index contributed by atoms with van der Waals surface area (Å²) >= 11 is 19.3. The molecule has 0 fully saturated rings. The lowest BCUT2D eigenvalue weighted by Gasteiger charge is -2.12. The number of aliphatic hydroxyl groups excluding tert-OH is 1. The summed E-state index contributed by atoms with van der Waals surface area (Å²) in [4.78, 5) is 0. The van der Waals surface area contributed by atoms with Crippen LogP contribution >= 0.6 is 50.7 Å². The highest BCUT2D eigenvalue weighted by Crippen LogP contribution is 2.29. The number of aliphatic hydroxyl groups is 1. The molecule has 1 atom stereocenters. The van der Waals surface area contributed by atoms with Crippen molar-refractivity contribution in [2.24, 2.45) is 0 Å². The zero-order valence-corrected chi connectivity index (χ0v) is 10.5. The Balaban J connectivity index is 3.90. The Hall–Kier alpha value is 0.610. The van der Waals surface area contributed by atoms with Crippen molar-refractivity contribution >= 4 is 50.7 Å². The molecule has 0 aromatic heterocycles. The minimum Gasteiger partial charge on any atom is -0.376 e. The Morgan fingerprint density at radius 2 is 2.08 bits per heavy atom. The number of rotatable bonds is 2. The van der Waals surface area contributed by atoms with Crippen LogP contribution in [0.1, 0.15) is 12.8 Å². The van der Waals surface area contributed by atoms with E-state index in [0.29, 0.717) is 12.8 Å². The topological polar surface area (TPSA) is 20.2 Å². The highest BCUT2D eigenvalue weighted by Gasteiger charge is 2.28. The van der Waals surface area contributed by atoms with Gasteiger partial charge in [-0.1, -0.05) is 63.2 Å². The van der Waals surface area contributed by atoms with E-state index in [1.807, 2.05) is 0 Å². The van der Waals surface area contributed by atoms with Crippen LogP contribution in [-0.4, -0.2) is 15.0 Å². The molecule has 0 bridgehead atoms. The van der Waals surface area contributed by atoms with E-state index in [2.05, 4.69) is 34.3 Å². The van der Waals surface area contributed by atoms with E-state index in [4.69, 9.17) is 39.9 Å². The van der Waals surface area contributed by atoms with Crippen LogP contribution in [0.5, 0.6) is 0 Å². The maximum atomic E-state index is 9.15. The molecule has 74 valence electrons. The molecule has 0 radical (unpaired) electrons. The fraction of sp³-hybridized carbons (Fsp3) is 0.500. The van der Waals surface area contributed by atoms with Gasteiger partial charge in [-0.25, -0.2) is 0 Å². The lowest BCUT2D eigenvalue weighted by molar-refractivity contribution is 0.237. The molecular weight excluding hydrogens is 298 g/mol. The van der Waals surface area contributed by atoms with Gasteiger partial charge < -0.3 is 5.11 Å². The fourth-order valence-corrected chi connectivity index (χ4v) is 0.811. The molecule has 1 N–H and O–H groups in total. The summed E-state index contributed by atoms with van der Waals surface area (Å²) in [5.74, 6) is 5.10. The van der Waals surface area contributed by atoms with Crippen LogP contribution < -0.4 is 0 Å². The van der Waals surface area contributed by atoms with Crippen molar-refractivity contribution in [3.63, 3.8) is 0 Å². The summed E-state index contributed by atoms with van der Waals surface area (Å²) in [5.41, 5.74) is 0. The second-order valence-corrected chi connectivity index (χ2v) is 5.77. The van der Waals surface area contributed by atoms with Crippen molar-refractivity contribution in [1.82, 2.24) is 0 Å². The van der Waals surface area contributed by atoms with Crippen molar-refractivity contribution < 1.29 is 5.11 Å². The van der Waals surface area contributed by atoms with Crippen molar-refractivity contribution in [2.75, 3.05) is 0 Å². The van der Waals surface area contributed by atoms with Crippen LogP contribution in [0.25, 0.3) is 0 Å². The SMILES string of the molecule is C=C(Br)CCC#CC(O)C(Cl)(Cl)Cl. The standard InChI is InChI=1S/C8H8BrCl3O/c1-6(9)4-2-3-5-7(13)8(10,11)12/h7,13H,1-2,4H2. The maximum Gasteiger partial charge on any atom is 0.227 e. The third-order valence-electron chi connectivity index (χ3n) is 1.07.